The van der Waals surface area contributed by atoms with Gasteiger partial charge in [0, 0.05) is 21.2 Å². The van der Waals surface area contributed by atoms with Gasteiger partial charge in [-0.15, -0.1) is 0 Å². The normalized spacial score (nSPS) is 10.8. The van der Waals surface area contributed by atoms with Crippen molar-refractivity contribution in [2.75, 3.05) is 0 Å². The van der Waals surface area contributed by atoms with Crippen LogP contribution < -0.4 is 0 Å². The summed E-state index contributed by atoms with van der Waals surface area (Å²) in [7, 11) is 0. The molecule has 0 fully saturated rings. The fourth-order valence-corrected chi connectivity index (χ4v) is 3.31. The number of aromatic nitrogens is 2. The van der Waals surface area contributed by atoms with Gasteiger partial charge < -0.3 is 5.11 Å². The van der Waals surface area contributed by atoms with Crippen LogP contribution in [0.4, 0.5) is 0 Å². The zero-order chi connectivity index (χ0) is 19.7. The Balaban J connectivity index is 2.04. The van der Waals surface area contributed by atoms with Crippen molar-refractivity contribution in [2.45, 2.75) is 0 Å². The third kappa shape index (κ3) is 3.40. The topological polar surface area (TPSA) is 55.1 Å². The number of aromatic carboxylic acids is 1. The summed E-state index contributed by atoms with van der Waals surface area (Å²) >= 11 is 12.0. The summed E-state index contributed by atoms with van der Waals surface area (Å²) < 4.78 is 1.64. The zero-order valence-electron chi connectivity index (χ0n) is 14.5. The summed E-state index contributed by atoms with van der Waals surface area (Å²) in [6.45, 7) is 0. The third-order valence-corrected chi connectivity index (χ3v) is 4.84. The molecule has 0 aliphatic rings. The van der Waals surface area contributed by atoms with E-state index in [0.29, 0.717) is 32.7 Å². The summed E-state index contributed by atoms with van der Waals surface area (Å²) in [6.07, 6.45) is 0. The van der Waals surface area contributed by atoms with Crippen molar-refractivity contribution in [1.29, 1.82) is 0 Å². The highest BCUT2D eigenvalue weighted by Crippen LogP contribution is 2.35. The molecule has 0 unspecified atom stereocenters. The van der Waals surface area contributed by atoms with E-state index in [0.717, 1.165) is 5.56 Å². The van der Waals surface area contributed by atoms with Crippen LogP contribution in [0.2, 0.25) is 10.0 Å². The van der Waals surface area contributed by atoms with E-state index in [2.05, 4.69) is 5.10 Å². The first kappa shape index (κ1) is 18.3. The molecule has 138 valence electrons. The fraction of sp³-hybridized carbons (Fsp3) is 0. The Hall–Kier alpha value is -3.08. The van der Waals surface area contributed by atoms with E-state index in [-0.39, 0.29) is 5.56 Å². The highest BCUT2D eigenvalue weighted by Gasteiger charge is 2.26. The van der Waals surface area contributed by atoms with E-state index in [1.165, 1.54) is 0 Å². The number of halogens is 2. The molecule has 4 aromatic rings. The minimum atomic E-state index is -1.05. The maximum atomic E-state index is 12.3. The van der Waals surface area contributed by atoms with Gasteiger partial charge in [-0.05, 0) is 36.4 Å². The summed E-state index contributed by atoms with van der Waals surface area (Å²) in [5.74, 6) is -1.05. The maximum absolute atomic E-state index is 12.3. The molecule has 0 amide bonds. The Morgan fingerprint density at radius 1 is 0.786 bits per heavy atom. The second-order valence-corrected chi connectivity index (χ2v) is 7.01. The molecule has 1 heterocycles. The van der Waals surface area contributed by atoms with Crippen LogP contribution in [0.3, 0.4) is 0 Å². The van der Waals surface area contributed by atoms with E-state index >= 15 is 0 Å². The molecule has 6 heteroatoms. The second-order valence-electron chi connectivity index (χ2n) is 6.14. The monoisotopic (exact) mass is 408 g/mol. The summed E-state index contributed by atoms with van der Waals surface area (Å²) in [5, 5.41) is 15.8. The van der Waals surface area contributed by atoms with E-state index in [1.54, 1.807) is 53.2 Å². The number of nitrogens with zero attached hydrogens (tertiary/aromatic N) is 2. The molecule has 3 aromatic carbocycles. The van der Waals surface area contributed by atoms with Gasteiger partial charge in [0.2, 0.25) is 0 Å². The predicted octanol–water partition coefficient (Wildman–Crippen LogP) is 6.21. The van der Waals surface area contributed by atoms with Gasteiger partial charge in [-0.1, -0.05) is 65.7 Å². The van der Waals surface area contributed by atoms with Crippen molar-refractivity contribution in [1.82, 2.24) is 9.78 Å². The van der Waals surface area contributed by atoms with E-state index in [9.17, 15) is 9.90 Å². The van der Waals surface area contributed by atoms with E-state index in [1.807, 2.05) is 30.3 Å². The number of rotatable bonds is 4. The molecule has 0 atom stereocenters. The first-order chi connectivity index (χ1) is 13.5. The van der Waals surface area contributed by atoms with Gasteiger partial charge in [0.25, 0.3) is 0 Å². The fourth-order valence-electron chi connectivity index (χ4n) is 3.06. The van der Waals surface area contributed by atoms with Gasteiger partial charge in [0.15, 0.2) is 0 Å². The molecule has 0 aliphatic heterocycles. The number of carboxylic acids is 1. The van der Waals surface area contributed by atoms with Crippen LogP contribution in [0.15, 0.2) is 78.9 Å². The van der Waals surface area contributed by atoms with Crippen molar-refractivity contribution in [2.24, 2.45) is 0 Å². The van der Waals surface area contributed by atoms with Gasteiger partial charge in [-0.3, -0.25) is 0 Å². The van der Waals surface area contributed by atoms with Crippen LogP contribution in [-0.4, -0.2) is 20.9 Å². The molecule has 0 saturated heterocycles. The number of hydrogen-bond acceptors (Lipinski definition) is 2. The average Bonchev–Trinajstić information content (AvgIpc) is 3.11. The Morgan fingerprint density at radius 2 is 1.36 bits per heavy atom. The molecule has 4 nitrogen and oxygen atoms in total. The van der Waals surface area contributed by atoms with Crippen LogP contribution in [0.1, 0.15) is 10.4 Å². The summed E-state index contributed by atoms with van der Waals surface area (Å²) in [5.41, 5.74) is 3.14. The molecule has 0 saturated carbocycles. The summed E-state index contributed by atoms with van der Waals surface area (Å²) in [4.78, 5) is 12.3. The van der Waals surface area contributed by atoms with Gasteiger partial charge in [0.1, 0.15) is 11.3 Å². The van der Waals surface area contributed by atoms with E-state index in [4.69, 9.17) is 23.2 Å². The zero-order valence-corrected chi connectivity index (χ0v) is 16.0. The Labute approximate surface area is 171 Å². The minimum Gasteiger partial charge on any atom is -0.478 e. The Morgan fingerprint density at radius 3 is 1.93 bits per heavy atom. The Kier molecular flexibility index (Phi) is 4.90. The van der Waals surface area contributed by atoms with Crippen molar-refractivity contribution in [3.05, 3.63) is 94.5 Å². The highest BCUT2D eigenvalue weighted by molar-refractivity contribution is 6.30. The first-order valence-corrected chi connectivity index (χ1v) is 9.24. The van der Waals surface area contributed by atoms with E-state index < -0.39 is 5.97 Å². The quantitative estimate of drug-likeness (QED) is 0.436. The van der Waals surface area contributed by atoms with Crippen LogP contribution in [0, 0.1) is 0 Å². The lowest BCUT2D eigenvalue weighted by Crippen LogP contribution is -2.03. The number of carbonyl (C=O) groups is 1. The largest absolute Gasteiger partial charge is 0.478 e. The molecule has 1 N–H and O–H groups in total. The van der Waals surface area contributed by atoms with Crippen molar-refractivity contribution in [3.63, 3.8) is 0 Å². The average molecular weight is 409 g/mol. The molecule has 0 aliphatic carbocycles. The van der Waals surface area contributed by atoms with Crippen LogP contribution in [-0.2, 0) is 0 Å². The van der Waals surface area contributed by atoms with Gasteiger partial charge in [0.05, 0.1) is 11.4 Å². The van der Waals surface area contributed by atoms with Crippen molar-refractivity contribution < 1.29 is 9.90 Å². The lowest BCUT2D eigenvalue weighted by molar-refractivity contribution is 0.0698. The molecular weight excluding hydrogens is 395 g/mol. The van der Waals surface area contributed by atoms with Crippen LogP contribution >= 0.6 is 23.2 Å². The van der Waals surface area contributed by atoms with Gasteiger partial charge in [-0.2, -0.15) is 5.10 Å². The molecule has 4 rings (SSSR count). The number of carboxylic acid groups (broad SMARTS) is 1. The third-order valence-electron chi connectivity index (χ3n) is 4.34. The lowest BCUT2D eigenvalue weighted by atomic mass is 10.0. The highest BCUT2D eigenvalue weighted by atomic mass is 35.5. The predicted molar refractivity (Wildman–Crippen MR) is 111 cm³/mol. The molecule has 0 radical (unpaired) electrons. The first-order valence-electron chi connectivity index (χ1n) is 8.48. The van der Waals surface area contributed by atoms with Gasteiger partial charge in [-0.25, -0.2) is 9.48 Å². The molecule has 0 bridgehead atoms. The van der Waals surface area contributed by atoms with Crippen molar-refractivity contribution in [3.8, 4) is 28.2 Å². The molecular formula is C22H14Cl2N2O2. The number of benzene rings is 3. The minimum absolute atomic E-state index is 0.128. The van der Waals surface area contributed by atoms with Gasteiger partial charge >= 0.3 is 5.97 Å². The Bertz CT molecular complexity index is 1140. The number of hydrogen-bond donors (Lipinski definition) is 1. The standard InChI is InChI=1S/C22H14Cl2N2O2/c23-16-8-6-14(7-9-16)20-19(22(27)28)21(15-4-2-1-3-5-15)26(25-20)18-12-10-17(24)11-13-18/h1-13H,(H,27,28). The SMILES string of the molecule is O=C(O)c1c(-c2ccc(Cl)cc2)nn(-c2ccc(Cl)cc2)c1-c1ccccc1. The smallest absolute Gasteiger partial charge is 0.340 e. The summed E-state index contributed by atoms with van der Waals surface area (Å²) in [6, 6.07) is 23.4. The van der Waals surface area contributed by atoms with Crippen molar-refractivity contribution >= 4 is 29.2 Å². The van der Waals surface area contributed by atoms with Crippen LogP contribution in [0.5, 0.6) is 0 Å². The lowest BCUT2D eigenvalue weighted by Gasteiger charge is -2.09. The maximum Gasteiger partial charge on any atom is 0.340 e. The molecule has 1 aromatic heterocycles. The molecule has 28 heavy (non-hydrogen) atoms. The molecule has 0 spiro atoms. The second kappa shape index (κ2) is 7.50. The van der Waals surface area contributed by atoms with Crippen LogP contribution in [0.25, 0.3) is 28.2 Å².